The van der Waals surface area contributed by atoms with Gasteiger partial charge in [-0.25, -0.2) is 9.67 Å². The Morgan fingerprint density at radius 2 is 2.06 bits per heavy atom. The Bertz CT molecular complexity index is 1230. The molecular formula is C25H27N5O2. The minimum atomic E-state index is -0.236. The van der Waals surface area contributed by atoms with Gasteiger partial charge in [-0.1, -0.05) is 19.9 Å². The van der Waals surface area contributed by atoms with Crippen LogP contribution in [0.3, 0.4) is 0 Å². The summed E-state index contributed by atoms with van der Waals surface area (Å²) in [6, 6.07) is 10.8. The molecule has 1 N–H and O–H groups in total. The van der Waals surface area contributed by atoms with Gasteiger partial charge >= 0.3 is 0 Å². The standard InChI is InChI=1S/C25H27N5O2/c1-16(2)20-5-4-10-29(15-20)24(31)19-7-9-23(27-13-19)30-25(32)22(14-28-30)21-8-6-18(12-26)11-17(21)3/h6-9,11,13-14,16,20,28H,4-5,10,15H2,1-3H3/t20-/m1/s1. The predicted molar refractivity (Wildman–Crippen MR) is 123 cm³/mol. The van der Waals surface area contributed by atoms with Gasteiger partial charge in [0.15, 0.2) is 5.82 Å². The number of aromatic amines is 1. The number of H-pyrrole nitrogens is 1. The first kappa shape index (κ1) is 21.6. The highest BCUT2D eigenvalue weighted by molar-refractivity contribution is 5.94. The quantitative estimate of drug-likeness (QED) is 0.680. The van der Waals surface area contributed by atoms with Crippen LogP contribution in [0, 0.1) is 30.1 Å². The number of carbonyl (C=O) groups excluding carboxylic acids is 1. The molecule has 1 amide bonds. The summed E-state index contributed by atoms with van der Waals surface area (Å²) >= 11 is 0. The van der Waals surface area contributed by atoms with E-state index in [1.807, 2.05) is 11.8 Å². The van der Waals surface area contributed by atoms with Gasteiger partial charge in [0.1, 0.15) is 0 Å². The minimum absolute atomic E-state index is 0.0119. The fourth-order valence-electron chi connectivity index (χ4n) is 4.33. The number of hydrogen-bond acceptors (Lipinski definition) is 4. The number of piperidine rings is 1. The highest BCUT2D eigenvalue weighted by atomic mass is 16.2. The van der Waals surface area contributed by atoms with E-state index in [4.69, 9.17) is 5.26 Å². The first-order valence-corrected chi connectivity index (χ1v) is 11.0. The third-order valence-corrected chi connectivity index (χ3v) is 6.33. The molecule has 1 atom stereocenters. The van der Waals surface area contributed by atoms with Crippen LogP contribution in [0.15, 0.2) is 47.5 Å². The van der Waals surface area contributed by atoms with Crippen molar-refractivity contribution >= 4 is 5.91 Å². The van der Waals surface area contributed by atoms with Crippen LogP contribution in [0.1, 0.15) is 48.2 Å². The van der Waals surface area contributed by atoms with Crippen LogP contribution in [0.4, 0.5) is 0 Å². The number of hydrogen-bond donors (Lipinski definition) is 1. The first-order valence-electron chi connectivity index (χ1n) is 11.0. The fraction of sp³-hybridized carbons (Fsp3) is 0.360. The molecule has 7 heteroatoms. The molecule has 0 spiro atoms. The van der Waals surface area contributed by atoms with Crippen molar-refractivity contribution < 1.29 is 4.79 Å². The van der Waals surface area contributed by atoms with E-state index in [1.54, 1.807) is 36.5 Å². The van der Waals surface area contributed by atoms with Gasteiger partial charge in [-0.3, -0.25) is 14.7 Å². The normalized spacial score (nSPS) is 16.2. The summed E-state index contributed by atoms with van der Waals surface area (Å²) in [6.45, 7) is 7.83. The van der Waals surface area contributed by atoms with Gasteiger partial charge < -0.3 is 4.90 Å². The highest BCUT2D eigenvalue weighted by Gasteiger charge is 2.26. The van der Waals surface area contributed by atoms with Crippen molar-refractivity contribution in [1.82, 2.24) is 19.7 Å². The first-order chi connectivity index (χ1) is 15.4. The predicted octanol–water partition coefficient (Wildman–Crippen LogP) is 3.92. The summed E-state index contributed by atoms with van der Waals surface area (Å²) in [5.74, 6) is 1.49. The van der Waals surface area contributed by atoms with E-state index < -0.39 is 0 Å². The molecule has 1 fully saturated rings. The van der Waals surface area contributed by atoms with Gasteiger partial charge in [-0.05, 0) is 67.0 Å². The van der Waals surface area contributed by atoms with Crippen molar-refractivity contribution in [3.8, 4) is 23.0 Å². The smallest absolute Gasteiger partial charge is 0.280 e. The molecule has 0 bridgehead atoms. The lowest BCUT2D eigenvalue weighted by Crippen LogP contribution is -2.41. The molecule has 7 nitrogen and oxygen atoms in total. The van der Waals surface area contributed by atoms with Gasteiger partial charge in [0.05, 0.1) is 22.8 Å². The topological polar surface area (TPSA) is 94.8 Å². The van der Waals surface area contributed by atoms with E-state index in [0.717, 1.165) is 37.1 Å². The zero-order valence-corrected chi connectivity index (χ0v) is 18.6. The maximum Gasteiger partial charge on any atom is 0.280 e. The molecule has 1 aliphatic heterocycles. The third-order valence-electron chi connectivity index (χ3n) is 6.33. The van der Waals surface area contributed by atoms with Crippen LogP contribution in [0.5, 0.6) is 0 Å². The SMILES string of the molecule is Cc1cc(C#N)ccc1-c1c[nH]n(-c2ccc(C(=O)N3CCC[C@@H](C(C)C)C3)cn2)c1=O. The van der Waals surface area contributed by atoms with Gasteiger partial charge in [0, 0.05) is 25.5 Å². The Kier molecular flexibility index (Phi) is 5.95. The second kappa shape index (κ2) is 8.83. The number of aromatic nitrogens is 3. The molecule has 0 aliphatic carbocycles. The summed E-state index contributed by atoms with van der Waals surface area (Å²) in [4.78, 5) is 32.2. The number of nitrogens with zero attached hydrogens (tertiary/aromatic N) is 4. The Hall–Kier alpha value is -3.66. The number of pyridine rings is 1. The van der Waals surface area contributed by atoms with Crippen molar-refractivity contribution in [1.29, 1.82) is 5.26 Å². The second-order valence-corrected chi connectivity index (χ2v) is 8.77. The number of likely N-dealkylation sites (tertiary alicyclic amines) is 1. The number of aryl methyl sites for hydroxylation is 1. The van der Waals surface area contributed by atoms with Crippen LogP contribution in [0.2, 0.25) is 0 Å². The Labute approximate surface area is 187 Å². The van der Waals surface area contributed by atoms with E-state index in [1.165, 1.54) is 10.9 Å². The van der Waals surface area contributed by atoms with E-state index in [9.17, 15) is 9.59 Å². The molecule has 1 aliphatic rings. The molecule has 1 saturated heterocycles. The zero-order chi connectivity index (χ0) is 22.8. The lowest BCUT2D eigenvalue weighted by atomic mass is 9.88. The van der Waals surface area contributed by atoms with Crippen molar-refractivity contribution in [2.24, 2.45) is 11.8 Å². The molecule has 32 heavy (non-hydrogen) atoms. The van der Waals surface area contributed by atoms with Crippen LogP contribution in [-0.4, -0.2) is 38.7 Å². The van der Waals surface area contributed by atoms with Gasteiger partial charge in [-0.15, -0.1) is 0 Å². The maximum absolute atomic E-state index is 13.0. The largest absolute Gasteiger partial charge is 0.338 e. The number of carbonyl (C=O) groups is 1. The summed E-state index contributed by atoms with van der Waals surface area (Å²) in [7, 11) is 0. The summed E-state index contributed by atoms with van der Waals surface area (Å²) < 4.78 is 1.36. The van der Waals surface area contributed by atoms with Crippen LogP contribution in [0.25, 0.3) is 16.9 Å². The van der Waals surface area contributed by atoms with Crippen LogP contribution < -0.4 is 5.56 Å². The van der Waals surface area contributed by atoms with E-state index in [2.05, 4.69) is 30.0 Å². The average Bonchev–Trinajstić information content (AvgIpc) is 3.19. The molecule has 3 aromatic rings. The monoisotopic (exact) mass is 429 g/mol. The minimum Gasteiger partial charge on any atom is -0.338 e. The van der Waals surface area contributed by atoms with Crippen LogP contribution in [-0.2, 0) is 0 Å². The molecule has 164 valence electrons. The molecule has 1 aromatic carbocycles. The maximum atomic E-state index is 13.0. The number of rotatable bonds is 4. The molecule has 4 rings (SSSR count). The van der Waals surface area contributed by atoms with E-state index >= 15 is 0 Å². The van der Waals surface area contributed by atoms with Gasteiger partial charge in [-0.2, -0.15) is 5.26 Å². The van der Waals surface area contributed by atoms with Gasteiger partial charge in [0.25, 0.3) is 11.5 Å². The Morgan fingerprint density at radius 1 is 1.25 bits per heavy atom. The van der Waals surface area contributed by atoms with Crippen molar-refractivity contribution in [2.45, 2.75) is 33.6 Å². The Balaban J connectivity index is 1.56. The molecule has 0 saturated carbocycles. The van der Waals surface area contributed by atoms with E-state index in [-0.39, 0.29) is 11.5 Å². The highest BCUT2D eigenvalue weighted by Crippen LogP contribution is 2.25. The van der Waals surface area contributed by atoms with Crippen molar-refractivity contribution in [3.05, 3.63) is 69.8 Å². The lowest BCUT2D eigenvalue weighted by Gasteiger charge is -2.34. The second-order valence-electron chi connectivity index (χ2n) is 8.77. The molecule has 3 heterocycles. The van der Waals surface area contributed by atoms with E-state index in [0.29, 0.717) is 34.3 Å². The zero-order valence-electron chi connectivity index (χ0n) is 18.6. The Morgan fingerprint density at radius 3 is 2.72 bits per heavy atom. The van der Waals surface area contributed by atoms with Crippen LogP contribution >= 0.6 is 0 Å². The molecular weight excluding hydrogens is 402 g/mol. The van der Waals surface area contributed by atoms with Gasteiger partial charge in [0.2, 0.25) is 0 Å². The molecule has 2 aromatic heterocycles. The summed E-state index contributed by atoms with van der Waals surface area (Å²) in [5.41, 5.74) is 2.96. The fourth-order valence-corrected chi connectivity index (χ4v) is 4.33. The summed E-state index contributed by atoms with van der Waals surface area (Å²) in [5, 5.41) is 12.0. The third kappa shape index (κ3) is 4.09. The number of benzene rings is 1. The number of nitrogens with one attached hydrogen (secondary N) is 1. The number of amides is 1. The van der Waals surface area contributed by atoms with Crippen molar-refractivity contribution in [2.75, 3.05) is 13.1 Å². The van der Waals surface area contributed by atoms with Crippen molar-refractivity contribution in [3.63, 3.8) is 0 Å². The molecule has 0 unspecified atom stereocenters. The lowest BCUT2D eigenvalue weighted by molar-refractivity contribution is 0.0641. The number of nitriles is 1. The summed E-state index contributed by atoms with van der Waals surface area (Å²) in [6.07, 6.45) is 5.36. The molecule has 0 radical (unpaired) electrons. The average molecular weight is 430 g/mol.